The van der Waals surface area contributed by atoms with Crippen LogP contribution in [0.3, 0.4) is 0 Å². The van der Waals surface area contributed by atoms with Crippen molar-refractivity contribution in [2.24, 2.45) is 5.92 Å². The number of likely N-dealkylation sites (tertiary alicyclic amines) is 1. The molecule has 1 aliphatic heterocycles. The van der Waals surface area contributed by atoms with E-state index in [1.165, 1.54) is 4.90 Å². The second-order valence-corrected chi connectivity index (χ2v) is 5.45. The summed E-state index contributed by atoms with van der Waals surface area (Å²) in [6.07, 6.45) is -0.341. The van der Waals surface area contributed by atoms with Crippen molar-refractivity contribution in [2.45, 2.75) is 39.7 Å². The lowest BCUT2D eigenvalue weighted by Crippen LogP contribution is -2.48. The average Bonchev–Trinajstić information content (AvgIpc) is 2.27. The minimum absolute atomic E-state index is 0.0343. The molecular formula is C13H21NO5. The van der Waals surface area contributed by atoms with Crippen LogP contribution in [-0.2, 0) is 19.1 Å². The van der Waals surface area contributed by atoms with Crippen molar-refractivity contribution in [2.75, 3.05) is 19.7 Å². The van der Waals surface area contributed by atoms with Crippen molar-refractivity contribution in [3.63, 3.8) is 0 Å². The molecule has 1 aliphatic rings. The van der Waals surface area contributed by atoms with E-state index in [9.17, 15) is 14.4 Å². The number of ketones is 1. The highest BCUT2D eigenvalue weighted by molar-refractivity contribution is 6.00. The van der Waals surface area contributed by atoms with E-state index in [2.05, 4.69) is 0 Å². The van der Waals surface area contributed by atoms with Gasteiger partial charge in [0.15, 0.2) is 5.78 Å². The molecule has 1 amide bonds. The molecule has 6 heteroatoms. The van der Waals surface area contributed by atoms with E-state index in [0.29, 0.717) is 0 Å². The molecule has 1 atom stereocenters. The van der Waals surface area contributed by atoms with Gasteiger partial charge in [-0.15, -0.1) is 0 Å². The normalized spacial score (nSPS) is 20.1. The molecule has 108 valence electrons. The molecule has 0 aromatic rings. The maximum atomic E-state index is 11.9. The molecule has 1 fully saturated rings. The van der Waals surface area contributed by atoms with Crippen molar-refractivity contribution in [1.29, 1.82) is 0 Å². The van der Waals surface area contributed by atoms with Gasteiger partial charge in [0.25, 0.3) is 0 Å². The zero-order valence-corrected chi connectivity index (χ0v) is 11.9. The van der Waals surface area contributed by atoms with Gasteiger partial charge in [-0.2, -0.15) is 0 Å². The van der Waals surface area contributed by atoms with Crippen LogP contribution in [-0.4, -0.2) is 48.0 Å². The number of nitrogens with zero attached hydrogens (tertiary/aromatic N) is 1. The summed E-state index contributed by atoms with van der Waals surface area (Å²) in [5.41, 5.74) is -0.649. The topological polar surface area (TPSA) is 72.9 Å². The van der Waals surface area contributed by atoms with Gasteiger partial charge in [-0.1, -0.05) is 0 Å². The standard InChI is InChI=1S/C13H21NO5/c1-5-18-12(17)14-7-6-10(15)9(8-14)11(16)19-13(2,3)4/h9H,5-8H2,1-4H3. The first-order valence-electron chi connectivity index (χ1n) is 6.42. The third-order valence-corrected chi connectivity index (χ3v) is 2.64. The van der Waals surface area contributed by atoms with Gasteiger partial charge in [0.05, 0.1) is 6.61 Å². The summed E-state index contributed by atoms with van der Waals surface area (Å²) in [6, 6.07) is 0. The van der Waals surface area contributed by atoms with Crippen LogP contribution in [0.4, 0.5) is 4.79 Å². The number of carbonyl (C=O) groups is 3. The molecule has 0 spiro atoms. The van der Waals surface area contributed by atoms with Gasteiger partial charge in [0.1, 0.15) is 11.5 Å². The molecular weight excluding hydrogens is 250 g/mol. The van der Waals surface area contributed by atoms with Gasteiger partial charge >= 0.3 is 12.1 Å². The molecule has 0 radical (unpaired) electrons. The van der Waals surface area contributed by atoms with Crippen molar-refractivity contribution in [3.8, 4) is 0 Å². The first-order valence-corrected chi connectivity index (χ1v) is 6.42. The number of esters is 1. The fraction of sp³-hybridized carbons (Fsp3) is 0.769. The Morgan fingerprint density at radius 3 is 2.53 bits per heavy atom. The minimum atomic E-state index is -0.905. The Hall–Kier alpha value is -1.59. The Morgan fingerprint density at radius 1 is 1.37 bits per heavy atom. The highest BCUT2D eigenvalue weighted by Gasteiger charge is 2.37. The molecule has 6 nitrogen and oxygen atoms in total. The lowest BCUT2D eigenvalue weighted by atomic mass is 9.96. The summed E-state index contributed by atoms with van der Waals surface area (Å²) in [5.74, 6) is -1.67. The third-order valence-electron chi connectivity index (χ3n) is 2.64. The van der Waals surface area contributed by atoms with Crippen LogP contribution >= 0.6 is 0 Å². The van der Waals surface area contributed by atoms with Crippen molar-refractivity contribution in [1.82, 2.24) is 4.90 Å². The van der Waals surface area contributed by atoms with Crippen LogP contribution in [0.1, 0.15) is 34.1 Å². The summed E-state index contributed by atoms with van der Waals surface area (Å²) in [6.45, 7) is 7.51. The molecule has 1 rings (SSSR count). The Bertz CT molecular complexity index is 372. The van der Waals surface area contributed by atoms with Gasteiger partial charge in [-0.25, -0.2) is 4.79 Å². The zero-order chi connectivity index (χ0) is 14.6. The van der Waals surface area contributed by atoms with Crippen LogP contribution in [0, 0.1) is 5.92 Å². The quantitative estimate of drug-likeness (QED) is 0.560. The van der Waals surface area contributed by atoms with Gasteiger partial charge in [0.2, 0.25) is 0 Å². The first-order chi connectivity index (χ1) is 8.74. The van der Waals surface area contributed by atoms with Crippen molar-refractivity contribution >= 4 is 17.8 Å². The Balaban J connectivity index is 2.68. The molecule has 19 heavy (non-hydrogen) atoms. The molecule has 0 N–H and O–H groups in total. The maximum Gasteiger partial charge on any atom is 0.409 e. The third kappa shape index (κ3) is 4.54. The lowest BCUT2D eigenvalue weighted by molar-refractivity contribution is -0.163. The van der Waals surface area contributed by atoms with Crippen LogP contribution in [0.25, 0.3) is 0 Å². The van der Waals surface area contributed by atoms with E-state index in [1.807, 2.05) is 0 Å². The molecule has 0 bridgehead atoms. The molecule has 1 unspecified atom stereocenters. The number of ether oxygens (including phenoxy) is 2. The second kappa shape index (κ2) is 6.04. The molecule has 0 aromatic carbocycles. The van der Waals surface area contributed by atoms with Gasteiger partial charge in [0, 0.05) is 19.5 Å². The van der Waals surface area contributed by atoms with E-state index >= 15 is 0 Å². The molecule has 1 heterocycles. The Kier molecular flexibility index (Phi) is 4.91. The number of rotatable bonds is 2. The summed E-state index contributed by atoms with van der Waals surface area (Å²) in [7, 11) is 0. The number of hydrogen-bond donors (Lipinski definition) is 0. The Morgan fingerprint density at radius 2 is 2.00 bits per heavy atom. The van der Waals surface area contributed by atoms with Crippen LogP contribution in [0.15, 0.2) is 0 Å². The van der Waals surface area contributed by atoms with Gasteiger partial charge in [-0.3, -0.25) is 9.59 Å². The fourth-order valence-electron chi connectivity index (χ4n) is 1.79. The van der Waals surface area contributed by atoms with E-state index < -0.39 is 23.6 Å². The summed E-state index contributed by atoms with van der Waals surface area (Å²) in [4.78, 5) is 36.7. The van der Waals surface area contributed by atoms with E-state index in [4.69, 9.17) is 9.47 Å². The van der Waals surface area contributed by atoms with Crippen molar-refractivity contribution in [3.05, 3.63) is 0 Å². The number of Topliss-reactive ketones (excluding diaryl/α,β-unsaturated/α-hetero) is 1. The largest absolute Gasteiger partial charge is 0.459 e. The number of carbonyl (C=O) groups excluding carboxylic acids is 3. The van der Waals surface area contributed by atoms with Crippen molar-refractivity contribution < 1.29 is 23.9 Å². The summed E-state index contributed by atoms with van der Waals surface area (Å²) < 4.78 is 10.1. The highest BCUT2D eigenvalue weighted by Crippen LogP contribution is 2.18. The zero-order valence-electron chi connectivity index (χ0n) is 11.9. The summed E-state index contributed by atoms with van der Waals surface area (Å²) >= 11 is 0. The van der Waals surface area contributed by atoms with E-state index in [-0.39, 0.29) is 31.9 Å². The number of amides is 1. The van der Waals surface area contributed by atoms with E-state index in [1.54, 1.807) is 27.7 Å². The maximum absolute atomic E-state index is 11.9. The van der Waals surface area contributed by atoms with Crippen LogP contribution < -0.4 is 0 Å². The van der Waals surface area contributed by atoms with Crippen LogP contribution in [0.2, 0.25) is 0 Å². The monoisotopic (exact) mass is 271 g/mol. The molecule has 0 saturated carbocycles. The predicted octanol–water partition coefficient (Wildman–Crippen LogP) is 1.38. The van der Waals surface area contributed by atoms with Crippen LogP contribution in [0.5, 0.6) is 0 Å². The highest BCUT2D eigenvalue weighted by atomic mass is 16.6. The Labute approximate surface area is 113 Å². The van der Waals surface area contributed by atoms with Gasteiger partial charge in [-0.05, 0) is 27.7 Å². The minimum Gasteiger partial charge on any atom is -0.459 e. The molecule has 1 saturated heterocycles. The average molecular weight is 271 g/mol. The number of piperidine rings is 1. The number of hydrogen-bond acceptors (Lipinski definition) is 5. The predicted molar refractivity (Wildman–Crippen MR) is 67.6 cm³/mol. The SMILES string of the molecule is CCOC(=O)N1CCC(=O)C(C(=O)OC(C)(C)C)C1. The molecule has 0 aromatic heterocycles. The molecule has 0 aliphatic carbocycles. The smallest absolute Gasteiger partial charge is 0.409 e. The van der Waals surface area contributed by atoms with Gasteiger partial charge < -0.3 is 14.4 Å². The first kappa shape index (κ1) is 15.5. The summed E-state index contributed by atoms with van der Waals surface area (Å²) in [5, 5.41) is 0. The lowest BCUT2D eigenvalue weighted by Gasteiger charge is -2.31. The van der Waals surface area contributed by atoms with E-state index in [0.717, 1.165) is 0 Å². The fourth-order valence-corrected chi connectivity index (χ4v) is 1.79. The second-order valence-electron chi connectivity index (χ2n) is 5.45.